The Morgan fingerprint density at radius 2 is 1.37 bits per heavy atom. The molecule has 4 heteroatoms. The third-order valence-corrected chi connectivity index (χ3v) is 6.79. The van der Waals surface area contributed by atoms with Crippen LogP contribution in [-0.2, 0) is 19.4 Å². The standard InChI is InChI=1S/C26H28BrNO.ClH/c27-24-15-8-7-14-23(24)20-28-17-9-16-25(28)26(29,18-21-10-3-1-4-11-21)19-22-12-5-2-6-13-22;/h1-8,10-15,25,29H,9,16-20H2;1H. The van der Waals surface area contributed by atoms with Crippen LogP contribution in [0.1, 0.15) is 29.5 Å². The fraction of sp³-hybridized carbons (Fsp3) is 0.308. The highest BCUT2D eigenvalue weighted by Gasteiger charge is 2.42. The summed E-state index contributed by atoms with van der Waals surface area (Å²) in [7, 11) is 0. The van der Waals surface area contributed by atoms with Gasteiger partial charge in [0.15, 0.2) is 0 Å². The number of hydrogen-bond acceptors (Lipinski definition) is 2. The topological polar surface area (TPSA) is 23.5 Å². The first-order chi connectivity index (χ1) is 14.1. The molecule has 4 rings (SSSR count). The van der Waals surface area contributed by atoms with Gasteiger partial charge < -0.3 is 5.11 Å². The second-order valence-electron chi connectivity index (χ2n) is 8.15. The molecule has 3 aromatic rings. The lowest BCUT2D eigenvalue weighted by Crippen LogP contribution is -2.52. The van der Waals surface area contributed by atoms with Crippen LogP contribution in [0.5, 0.6) is 0 Å². The Morgan fingerprint density at radius 1 is 0.833 bits per heavy atom. The van der Waals surface area contributed by atoms with Gasteiger partial charge in [-0.15, -0.1) is 12.4 Å². The van der Waals surface area contributed by atoms with E-state index in [0.29, 0.717) is 12.8 Å². The first kappa shape index (κ1) is 23.0. The normalized spacial score (nSPS) is 16.9. The van der Waals surface area contributed by atoms with E-state index >= 15 is 0 Å². The number of nitrogens with zero attached hydrogens (tertiary/aromatic N) is 1. The Balaban J connectivity index is 0.00000256. The van der Waals surface area contributed by atoms with Crippen LogP contribution in [0, 0.1) is 0 Å². The second-order valence-corrected chi connectivity index (χ2v) is 9.00. The van der Waals surface area contributed by atoms with Gasteiger partial charge in [0.1, 0.15) is 0 Å². The van der Waals surface area contributed by atoms with Crippen molar-refractivity contribution in [2.24, 2.45) is 0 Å². The van der Waals surface area contributed by atoms with Crippen LogP contribution in [0.3, 0.4) is 0 Å². The summed E-state index contributed by atoms with van der Waals surface area (Å²) in [6.45, 7) is 1.88. The maximum atomic E-state index is 12.1. The number of rotatable bonds is 7. The zero-order valence-electron chi connectivity index (χ0n) is 17.1. The third kappa shape index (κ3) is 5.53. The Kier molecular flexibility index (Phi) is 8.13. The van der Waals surface area contributed by atoms with Gasteiger partial charge in [0.05, 0.1) is 5.60 Å². The van der Waals surface area contributed by atoms with Crippen LogP contribution in [0.4, 0.5) is 0 Å². The minimum absolute atomic E-state index is 0. The van der Waals surface area contributed by atoms with Gasteiger partial charge in [0, 0.05) is 29.9 Å². The van der Waals surface area contributed by atoms with Gasteiger partial charge in [0.2, 0.25) is 0 Å². The van der Waals surface area contributed by atoms with Crippen molar-refractivity contribution in [2.75, 3.05) is 6.54 Å². The molecule has 1 fully saturated rings. The molecule has 0 bridgehead atoms. The number of halogens is 2. The van der Waals surface area contributed by atoms with E-state index in [0.717, 1.165) is 30.4 Å². The monoisotopic (exact) mass is 485 g/mol. The largest absolute Gasteiger partial charge is 0.388 e. The van der Waals surface area contributed by atoms with Gasteiger partial charge in [-0.05, 0) is 42.1 Å². The molecule has 0 aliphatic carbocycles. The molecule has 1 aliphatic rings. The van der Waals surface area contributed by atoms with Gasteiger partial charge >= 0.3 is 0 Å². The highest BCUT2D eigenvalue weighted by atomic mass is 79.9. The van der Waals surface area contributed by atoms with E-state index in [9.17, 15) is 5.11 Å². The van der Waals surface area contributed by atoms with Gasteiger partial charge in [-0.3, -0.25) is 4.90 Å². The molecule has 0 saturated carbocycles. The van der Waals surface area contributed by atoms with Crippen molar-refractivity contribution in [3.05, 3.63) is 106 Å². The van der Waals surface area contributed by atoms with E-state index in [1.54, 1.807) is 0 Å². The van der Waals surface area contributed by atoms with Crippen molar-refractivity contribution in [3.63, 3.8) is 0 Å². The van der Waals surface area contributed by atoms with Crippen LogP contribution < -0.4 is 0 Å². The van der Waals surface area contributed by atoms with E-state index < -0.39 is 5.60 Å². The van der Waals surface area contributed by atoms with Crippen molar-refractivity contribution in [1.29, 1.82) is 0 Å². The van der Waals surface area contributed by atoms with Crippen LogP contribution >= 0.6 is 28.3 Å². The molecule has 0 amide bonds. The molecule has 1 saturated heterocycles. The number of benzene rings is 3. The summed E-state index contributed by atoms with van der Waals surface area (Å²) in [5.41, 5.74) is 2.86. The Morgan fingerprint density at radius 3 is 1.93 bits per heavy atom. The van der Waals surface area contributed by atoms with E-state index in [1.165, 1.54) is 16.7 Å². The lowest BCUT2D eigenvalue weighted by molar-refractivity contribution is -0.0354. The SMILES string of the molecule is Cl.OC(Cc1ccccc1)(Cc1ccccc1)C1CCCN1Cc1ccccc1Br. The number of likely N-dealkylation sites (tertiary alicyclic amines) is 1. The summed E-state index contributed by atoms with van der Waals surface area (Å²) in [5.74, 6) is 0. The Bertz CT molecular complexity index is 877. The van der Waals surface area contributed by atoms with E-state index in [-0.39, 0.29) is 18.4 Å². The summed E-state index contributed by atoms with van der Waals surface area (Å²) < 4.78 is 1.14. The maximum Gasteiger partial charge on any atom is 0.0882 e. The first-order valence-electron chi connectivity index (χ1n) is 10.4. The molecule has 30 heavy (non-hydrogen) atoms. The van der Waals surface area contributed by atoms with E-state index in [2.05, 4.69) is 93.6 Å². The predicted molar refractivity (Wildman–Crippen MR) is 130 cm³/mol. The molecule has 1 N–H and O–H groups in total. The van der Waals surface area contributed by atoms with E-state index in [4.69, 9.17) is 0 Å². The molecule has 158 valence electrons. The quantitative estimate of drug-likeness (QED) is 0.439. The average molecular weight is 487 g/mol. The highest BCUT2D eigenvalue weighted by Crippen LogP contribution is 2.34. The highest BCUT2D eigenvalue weighted by molar-refractivity contribution is 9.10. The summed E-state index contributed by atoms with van der Waals surface area (Å²) in [4.78, 5) is 2.48. The summed E-state index contributed by atoms with van der Waals surface area (Å²) >= 11 is 3.69. The lowest BCUT2D eigenvalue weighted by atomic mass is 9.80. The van der Waals surface area contributed by atoms with E-state index in [1.807, 2.05) is 12.1 Å². The summed E-state index contributed by atoms with van der Waals surface area (Å²) in [6.07, 6.45) is 3.49. The minimum Gasteiger partial charge on any atom is -0.388 e. The average Bonchev–Trinajstić information content (AvgIpc) is 3.20. The zero-order valence-corrected chi connectivity index (χ0v) is 19.5. The van der Waals surface area contributed by atoms with Crippen molar-refractivity contribution < 1.29 is 5.11 Å². The van der Waals surface area contributed by atoms with Crippen molar-refractivity contribution in [3.8, 4) is 0 Å². The molecule has 1 heterocycles. The van der Waals surface area contributed by atoms with Crippen molar-refractivity contribution >= 4 is 28.3 Å². The molecule has 0 radical (unpaired) electrons. The fourth-order valence-electron chi connectivity index (χ4n) is 4.67. The molecule has 0 spiro atoms. The predicted octanol–water partition coefficient (Wildman–Crippen LogP) is 6.05. The first-order valence-corrected chi connectivity index (χ1v) is 11.2. The zero-order chi connectivity index (χ0) is 20.1. The van der Waals surface area contributed by atoms with Crippen LogP contribution in [0.15, 0.2) is 89.4 Å². The maximum absolute atomic E-state index is 12.1. The van der Waals surface area contributed by atoms with Gasteiger partial charge in [0.25, 0.3) is 0 Å². The van der Waals surface area contributed by atoms with Crippen LogP contribution in [-0.4, -0.2) is 28.2 Å². The van der Waals surface area contributed by atoms with Crippen LogP contribution in [0.25, 0.3) is 0 Å². The lowest BCUT2D eigenvalue weighted by Gasteiger charge is -2.40. The molecular formula is C26H29BrClNO. The van der Waals surface area contributed by atoms with Gasteiger partial charge in [-0.2, -0.15) is 0 Å². The molecule has 0 aromatic heterocycles. The fourth-order valence-corrected chi connectivity index (χ4v) is 5.08. The third-order valence-electron chi connectivity index (χ3n) is 6.02. The van der Waals surface area contributed by atoms with Crippen molar-refractivity contribution in [2.45, 2.75) is 43.9 Å². The number of hydrogen-bond donors (Lipinski definition) is 1. The molecule has 3 aromatic carbocycles. The molecule has 2 nitrogen and oxygen atoms in total. The molecular weight excluding hydrogens is 458 g/mol. The molecule has 1 unspecified atom stereocenters. The summed E-state index contributed by atoms with van der Waals surface area (Å²) in [6, 6.07) is 29.4. The smallest absolute Gasteiger partial charge is 0.0882 e. The molecule has 1 aliphatic heterocycles. The Hall–Kier alpha value is -1.65. The van der Waals surface area contributed by atoms with Crippen molar-refractivity contribution in [1.82, 2.24) is 4.90 Å². The Labute approximate surface area is 194 Å². The molecule has 1 atom stereocenters. The van der Waals surface area contributed by atoms with Gasteiger partial charge in [-0.1, -0.05) is 94.8 Å². The summed E-state index contributed by atoms with van der Waals surface area (Å²) in [5, 5.41) is 12.1. The second kappa shape index (κ2) is 10.6. The van der Waals surface area contributed by atoms with Crippen LogP contribution in [0.2, 0.25) is 0 Å². The number of aliphatic hydroxyl groups is 1. The van der Waals surface area contributed by atoms with Gasteiger partial charge in [-0.25, -0.2) is 0 Å². The minimum atomic E-state index is -0.805.